The van der Waals surface area contributed by atoms with Crippen LogP contribution in [0.1, 0.15) is 19.4 Å². The lowest BCUT2D eigenvalue weighted by Gasteiger charge is -2.21. The van der Waals surface area contributed by atoms with Crippen molar-refractivity contribution in [3.05, 3.63) is 40.5 Å². The van der Waals surface area contributed by atoms with E-state index >= 15 is 0 Å². The van der Waals surface area contributed by atoms with Crippen molar-refractivity contribution in [1.82, 2.24) is 0 Å². The molecule has 5 nitrogen and oxygen atoms in total. The summed E-state index contributed by atoms with van der Waals surface area (Å²) >= 11 is 0. The number of benzene rings is 1. The number of nitro benzene ring substituents is 1. The summed E-state index contributed by atoms with van der Waals surface area (Å²) in [6.07, 6.45) is 0. The minimum absolute atomic E-state index is 0.00181. The Bertz CT molecular complexity index is 535. The molecule has 0 N–H and O–H groups in total. The summed E-state index contributed by atoms with van der Waals surface area (Å²) in [5.74, 6) is -0.185. The molecule has 0 radical (unpaired) electrons. The van der Waals surface area contributed by atoms with Crippen LogP contribution < -0.4 is 4.90 Å². The SMILES string of the molecule is C=C1C(=O)N(C(C)C)c2ccc([N+](=O)[O-])cc21. The zero-order valence-electron chi connectivity index (χ0n) is 9.64. The van der Waals surface area contributed by atoms with Crippen LogP contribution in [0.5, 0.6) is 0 Å². The van der Waals surface area contributed by atoms with E-state index in [-0.39, 0.29) is 17.6 Å². The number of anilines is 1. The monoisotopic (exact) mass is 232 g/mol. The number of hydrogen-bond donors (Lipinski definition) is 0. The molecule has 1 amide bonds. The average molecular weight is 232 g/mol. The van der Waals surface area contributed by atoms with Crippen LogP contribution in [0.2, 0.25) is 0 Å². The molecule has 1 aromatic rings. The fourth-order valence-corrected chi connectivity index (χ4v) is 1.97. The third kappa shape index (κ3) is 1.60. The van der Waals surface area contributed by atoms with Gasteiger partial charge in [0.15, 0.2) is 0 Å². The van der Waals surface area contributed by atoms with Crippen LogP contribution in [0.15, 0.2) is 24.8 Å². The largest absolute Gasteiger partial charge is 0.305 e. The van der Waals surface area contributed by atoms with E-state index in [2.05, 4.69) is 6.58 Å². The van der Waals surface area contributed by atoms with Gasteiger partial charge in [0.2, 0.25) is 0 Å². The van der Waals surface area contributed by atoms with Crippen LogP contribution in [0.4, 0.5) is 11.4 Å². The van der Waals surface area contributed by atoms with E-state index in [4.69, 9.17) is 0 Å². The van der Waals surface area contributed by atoms with E-state index in [9.17, 15) is 14.9 Å². The molecule has 0 unspecified atom stereocenters. The van der Waals surface area contributed by atoms with Gasteiger partial charge in [0.1, 0.15) is 0 Å². The molecular weight excluding hydrogens is 220 g/mol. The van der Waals surface area contributed by atoms with E-state index in [1.165, 1.54) is 12.1 Å². The molecule has 88 valence electrons. The molecule has 0 atom stereocenters. The normalized spacial score (nSPS) is 14.4. The first kappa shape index (κ1) is 11.3. The molecule has 1 aliphatic heterocycles. The highest BCUT2D eigenvalue weighted by Gasteiger charge is 2.33. The number of carbonyl (C=O) groups excluding carboxylic acids is 1. The van der Waals surface area contributed by atoms with Crippen molar-refractivity contribution in [1.29, 1.82) is 0 Å². The Morgan fingerprint density at radius 1 is 1.41 bits per heavy atom. The molecule has 0 saturated heterocycles. The van der Waals surface area contributed by atoms with E-state index < -0.39 is 4.92 Å². The first-order valence-electron chi connectivity index (χ1n) is 5.24. The molecule has 0 aliphatic carbocycles. The minimum Gasteiger partial charge on any atom is -0.305 e. The van der Waals surface area contributed by atoms with Crippen LogP contribution in [0, 0.1) is 10.1 Å². The Labute approximate surface area is 98.5 Å². The number of hydrogen-bond acceptors (Lipinski definition) is 3. The average Bonchev–Trinajstić information content (AvgIpc) is 2.51. The Kier molecular flexibility index (Phi) is 2.46. The lowest BCUT2D eigenvalue weighted by molar-refractivity contribution is -0.384. The molecular formula is C12H12N2O3. The first-order chi connectivity index (χ1) is 7.93. The van der Waals surface area contributed by atoms with Gasteiger partial charge in [0.05, 0.1) is 10.6 Å². The van der Waals surface area contributed by atoms with Crippen molar-refractivity contribution in [3.63, 3.8) is 0 Å². The minimum atomic E-state index is -0.476. The van der Waals surface area contributed by atoms with Crippen molar-refractivity contribution in [3.8, 4) is 0 Å². The molecule has 5 heteroatoms. The summed E-state index contributed by atoms with van der Waals surface area (Å²) in [6.45, 7) is 7.48. The fourth-order valence-electron chi connectivity index (χ4n) is 1.97. The Morgan fingerprint density at radius 2 is 2.06 bits per heavy atom. The summed E-state index contributed by atoms with van der Waals surface area (Å²) in [5.41, 5.74) is 1.54. The maximum absolute atomic E-state index is 11.9. The fraction of sp³-hybridized carbons (Fsp3) is 0.250. The summed E-state index contributed by atoms with van der Waals surface area (Å²) in [5, 5.41) is 10.7. The summed E-state index contributed by atoms with van der Waals surface area (Å²) < 4.78 is 0. The third-order valence-corrected chi connectivity index (χ3v) is 2.77. The molecule has 1 aromatic carbocycles. The van der Waals surface area contributed by atoms with Crippen LogP contribution >= 0.6 is 0 Å². The number of carbonyl (C=O) groups is 1. The number of amides is 1. The molecule has 17 heavy (non-hydrogen) atoms. The molecule has 2 rings (SSSR count). The van der Waals surface area contributed by atoms with Gasteiger partial charge in [-0.3, -0.25) is 14.9 Å². The number of nitro groups is 1. The molecule has 0 spiro atoms. The maximum atomic E-state index is 11.9. The smallest absolute Gasteiger partial charge is 0.270 e. The van der Waals surface area contributed by atoms with E-state index in [1.807, 2.05) is 13.8 Å². The Balaban J connectivity index is 2.59. The van der Waals surface area contributed by atoms with E-state index in [0.29, 0.717) is 16.8 Å². The van der Waals surface area contributed by atoms with Crippen molar-refractivity contribution in [2.75, 3.05) is 4.90 Å². The predicted molar refractivity (Wildman–Crippen MR) is 64.8 cm³/mol. The van der Waals surface area contributed by atoms with Gasteiger partial charge in [0, 0.05) is 29.3 Å². The molecule has 1 aliphatic rings. The number of non-ortho nitro benzene ring substituents is 1. The maximum Gasteiger partial charge on any atom is 0.270 e. The molecule has 1 heterocycles. The zero-order valence-corrected chi connectivity index (χ0v) is 9.64. The van der Waals surface area contributed by atoms with Crippen molar-refractivity contribution in [2.24, 2.45) is 0 Å². The van der Waals surface area contributed by atoms with Gasteiger partial charge in [-0.2, -0.15) is 0 Å². The second-order valence-electron chi connectivity index (χ2n) is 4.21. The Hall–Kier alpha value is -2.17. The first-order valence-corrected chi connectivity index (χ1v) is 5.24. The molecule has 0 bridgehead atoms. The van der Waals surface area contributed by atoms with E-state index in [1.54, 1.807) is 11.0 Å². The van der Waals surface area contributed by atoms with Gasteiger partial charge < -0.3 is 4.90 Å². The standard InChI is InChI=1S/C12H12N2O3/c1-7(2)13-11-5-4-9(14(16)17)6-10(11)8(3)12(13)15/h4-7H,3H2,1-2H3. The number of rotatable bonds is 2. The predicted octanol–water partition coefficient (Wildman–Crippen LogP) is 2.36. The van der Waals surface area contributed by atoms with Gasteiger partial charge in [-0.15, -0.1) is 0 Å². The molecule has 0 aromatic heterocycles. The van der Waals surface area contributed by atoms with E-state index in [0.717, 1.165) is 0 Å². The highest BCUT2D eigenvalue weighted by atomic mass is 16.6. The zero-order chi connectivity index (χ0) is 12.7. The quantitative estimate of drug-likeness (QED) is 0.446. The lowest BCUT2D eigenvalue weighted by Crippen LogP contribution is -2.33. The van der Waals surface area contributed by atoms with Crippen LogP contribution in [0.25, 0.3) is 5.57 Å². The summed E-state index contributed by atoms with van der Waals surface area (Å²) in [7, 11) is 0. The number of nitrogens with zero attached hydrogens (tertiary/aromatic N) is 2. The summed E-state index contributed by atoms with van der Waals surface area (Å²) in [6, 6.07) is 4.41. The van der Waals surface area contributed by atoms with Gasteiger partial charge in [-0.05, 0) is 19.9 Å². The molecule has 0 saturated carbocycles. The van der Waals surface area contributed by atoms with Crippen LogP contribution in [-0.4, -0.2) is 16.9 Å². The van der Waals surface area contributed by atoms with Gasteiger partial charge in [-0.25, -0.2) is 0 Å². The number of fused-ring (bicyclic) bond motifs is 1. The topological polar surface area (TPSA) is 63.5 Å². The lowest BCUT2D eigenvalue weighted by atomic mass is 10.1. The van der Waals surface area contributed by atoms with Gasteiger partial charge >= 0.3 is 0 Å². The second-order valence-corrected chi connectivity index (χ2v) is 4.21. The highest BCUT2D eigenvalue weighted by molar-refractivity contribution is 6.32. The Morgan fingerprint density at radius 3 is 2.59 bits per heavy atom. The third-order valence-electron chi connectivity index (χ3n) is 2.77. The van der Waals surface area contributed by atoms with Crippen LogP contribution in [-0.2, 0) is 4.79 Å². The van der Waals surface area contributed by atoms with Crippen molar-refractivity contribution in [2.45, 2.75) is 19.9 Å². The van der Waals surface area contributed by atoms with Crippen molar-refractivity contribution >= 4 is 22.9 Å². The summed E-state index contributed by atoms with van der Waals surface area (Å²) in [4.78, 5) is 23.7. The highest BCUT2D eigenvalue weighted by Crippen LogP contribution is 2.38. The van der Waals surface area contributed by atoms with Gasteiger partial charge in [-0.1, -0.05) is 6.58 Å². The van der Waals surface area contributed by atoms with Crippen molar-refractivity contribution < 1.29 is 9.72 Å². The van der Waals surface area contributed by atoms with Gasteiger partial charge in [0.25, 0.3) is 11.6 Å². The molecule has 0 fully saturated rings. The van der Waals surface area contributed by atoms with Crippen LogP contribution in [0.3, 0.4) is 0 Å². The second kappa shape index (κ2) is 3.69.